The van der Waals surface area contributed by atoms with Crippen LogP contribution >= 0.6 is 0 Å². The fourth-order valence-electron chi connectivity index (χ4n) is 4.25. The minimum Gasteiger partial charge on any atom is -0.349 e. The molecule has 2 amide bonds. The first-order valence-corrected chi connectivity index (χ1v) is 10.9. The van der Waals surface area contributed by atoms with Crippen molar-refractivity contribution in [3.8, 4) is 0 Å². The second kappa shape index (κ2) is 9.61. The smallest absolute Gasteiger partial charge is 0.251 e. The Morgan fingerprint density at radius 1 is 0.839 bits per heavy atom. The van der Waals surface area contributed by atoms with Crippen molar-refractivity contribution in [3.05, 3.63) is 107 Å². The summed E-state index contributed by atoms with van der Waals surface area (Å²) in [6.45, 7) is 3.28. The van der Waals surface area contributed by atoms with Crippen molar-refractivity contribution in [2.45, 2.75) is 31.7 Å². The van der Waals surface area contributed by atoms with Gasteiger partial charge in [-0.05, 0) is 43.0 Å². The second-order valence-electron chi connectivity index (χ2n) is 8.20. The highest BCUT2D eigenvalue weighted by molar-refractivity contribution is 5.94. The number of likely N-dealkylation sites (tertiary alicyclic amines) is 1. The molecule has 1 saturated heterocycles. The molecule has 0 bridgehead atoms. The number of aryl methyl sites for hydroxylation is 1. The summed E-state index contributed by atoms with van der Waals surface area (Å²) in [5.74, 6) is -0.221. The van der Waals surface area contributed by atoms with E-state index < -0.39 is 0 Å². The number of carbonyl (C=O) groups is 2. The Balaban J connectivity index is 1.42. The SMILES string of the molecule is Cc1cccc(C(=O)NC2CCN(C(=O)C(c3ccccc3)c3ccccc3)CC2)c1. The van der Waals surface area contributed by atoms with Crippen LogP contribution < -0.4 is 5.32 Å². The van der Waals surface area contributed by atoms with Crippen LogP contribution in [0.1, 0.15) is 45.8 Å². The molecule has 0 saturated carbocycles. The molecule has 4 rings (SSSR count). The third kappa shape index (κ3) is 5.02. The molecular weight excluding hydrogens is 384 g/mol. The zero-order chi connectivity index (χ0) is 21.6. The number of amides is 2. The summed E-state index contributed by atoms with van der Waals surface area (Å²) >= 11 is 0. The largest absolute Gasteiger partial charge is 0.349 e. The highest BCUT2D eigenvalue weighted by Gasteiger charge is 2.30. The van der Waals surface area contributed by atoms with Gasteiger partial charge in [0, 0.05) is 24.7 Å². The van der Waals surface area contributed by atoms with Gasteiger partial charge in [0.2, 0.25) is 5.91 Å². The molecule has 1 fully saturated rings. The van der Waals surface area contributed by atoms with Crippen LogP contribution in [0.2, 0.25) is 0 Å². The Morgan fingerprint density at radius 2 is 1.42 bits per heavy atom. The molecule has 4 heteroatoms. The number of nitrogens with one attached hydrogen (secondary N) is 1. The van der Waals surface area contributed by atoms with E-state index in [1.807, 2.05) is 96.8 Å². The number of nitrogens with zero attached hydrogens (tertiary/aromatic N) is 1. The molecule has 31 heavy (non-hydrogen) atoms. The minimum atomic E-state index is -0.305. The Kier molecular flexibility index (Phi) is 6.46. The first-order chi connectivity index (χ1) is 15.1. The van der Waals surface area contributed by atoms with Crippen molar-refractivity contribution >= 4 is 11.8 Å². The molecule has 1 aliphatic heterocycles. The van der Waals surface area contributed by atoms with Gasteiger partial charge in [0.15, 0.2) is 0 Å². The van der Waals surface area contributed by atoms with Crippen LogP contribution in [0, 0.1) is 6.92 Å². The quantitative estimate of drug-likeness (QED) is 0.668. The average molecular weight is 413 g/mol. The summed E-state index contributed by atoms with van der Waals surface area (Å²) in [5.41, 5.74) is 3.77. The Morgan fingerprint density at radius 3 is 1.97 bits per heavy atom. The number of hydrogen-bond acceptors (Lipinski definition) is 2. The zero-order valence-electron chi connectivity index (χ0n) is 17.8. The number of hydrogen-bond donors (Lipinski definition) is 1. The third-order valence-electron chi connectivity index (χ3n) is 5.93. The summed E-state index contributed by atoms with van der Waals surface area (Å²) < 4.78 is 0. The van der Waals surface area contributed by atoms with Gasteiger partial charge >= 0.3 is 0 Å². The van der Waals surface area contributed by atoms with Gasteiger partial charge in [-0.25, -0.2) is 0 Å². The lowest BCUT2D eigenvalue weighted by molar-refractivity contribution is -0.132. The predicted molar refractivity (Wildman–Crippen MR) is 123 cm³/mol. The monoisotopic (exact) mass is 412 g/mol. The predicted octanol–water partition coefficient (Wildman–Crippen LogP) is 4.55. The third-order valence-corrected chi connectivity index (χ3v) is 5.93. The maximum Gasteiger partial charge on any atom is 0.251 e. The van der Waals surface area contributed by atoms with Gasteiger partial charge < -0.3 is 10.2 Å². The molecule has 1 heterocycles. The van der Waals surface area contributed by atoms with Gasteiger partial charge in [-0.2, -0.15) is 0 Å². The molecule has 4 nitrogen and oxygen atoms in total. The highest BCUT2D eigenvalue weighted by atomic mass is 16.2. The van der Waals surface area contributed by atoms with Gasteiger partial charge in [0.05, 0.1) is 5.92 Å². The van der Waals surface area contributed by atoms with Gasteiger partial charge in [-0.3, -0.25) is 9.59 Å². The van der Waals surface area contributed by atoms with E-state index in [1.54, 1.807) is 0 Å². The average Bonchev–Trinajstić information content (AvgIpc) is 2.81. The summed E-state index contributed by atoms with van der Waals surface area (Å²) in [4.78, 5) is 28.0. The fraction of sp³-hybridized carbons (Fsp3) is 0.259. The normalized spacial score (nSPS) is 14.5. The van der Waals surface area contributed by atoms with Crippen molar-refractivity contribution in [2.75, 3.05) is 13.1 Å². The molecule has 0 radical (unpaired) electrons. The van der Waals surface area contributed by atoms with Crippen molar-refractivity contribution in [3.63, 3.8) is 0 Å². The molecule has 0 aromatic heterocycles. The van der Waals surface area contributed by atoms with Crippen LogP contribution in [0.25, 0.3) is 0 Å². The lowest BCUT2D eigenvalue weighted by Gasteiger charge is -2.35. The number of benzene rings is 3. The van der Waals surface area contributed by atoms with Gasteiger partial charge in [0.1, 0.15) is 0 Å². The number of piperidine rings is 1. The Hall–Kier alpha value is -3.40. The second-order valence-corrected chi connectivity index (χ2v) is 8.20. The maximum absolute atomic E-state index is 13.5. The lowest BCUT2D eigenvalue weighted by atomic mass is 9.89. The lowest BCUT2D eigenvalue weighted by Crippen LogP contribution is -2.47. The highest BCUT2D eigenvalue weighted by Crippen LogP contribution is 2.28. The van der Waals surface area contributed by atoms with Crippen LogP contribution in [-0.2, 0) is 4.79 Å². The molecule has 0 unspecified atom stereocenters. The van der Waals surface area contributed by atoms with Crippen molar-refractivity contribution in [1.29, 1.82) is 0 Å². The topological polar surface area (TPSA) is 49.4 Å². The van der Waals surface area contributed by atoms with Crippen LogP contribution in [0.4, 0.5) is 0 Å². The van der Waals surface area contributed by atoms with Gasteiger partial charge in [0.25, 0.3) is 5.91 Å². The van der Waals surface area contributed by atoms with E-state index in [0.717, 1.165) is 29.5 Å². The molecule has 1 aliphatic rings. The van der Waals surface area contributed by atoms with E-state index >= 15 is 0 Å². The van der Waals surface area contributed by atoms with E-state index in [1.165, 1.54) is 0 Å². The molecule has 0 atom stereocenters. The zero-order valence-corrected chi connectivity index (χ0v) is 17.8. The first-order valence-electron chi connectivity index (χ1n) is 10.9. The molecule has 0 spiro atoms. The molecule has 0 aliphatic carbocycles. The van der Waals surface area contributed by atoms with Crippen LogP contribution in [0.3, 0.4) is 0 Å². The van der Waals surface area contributed by atoms with Crippen LogP contribution in [-0.4, -0.2) is 35.8 Å². The summed E-state index contributed by atoms with van der Waals surface area (Å²) in [6.07, 6.45) is 1.53. The molecular formula is C27H28N2O2. The number of carbonyl (C=O) groups excluding carboxylic acids is 2. The Labute approximate surface area is 183 Å². The van der Waals surface area contributed by atoms with Crippen LogP contribution in [0.5, 0.6) is 0 Å². The van der Waals surface area contributed by atoms with E-state index in [2.05, 4.69) is 5.32 Å². The Bertz CT molecular complexity index is 986. The van der Waals surface area contributed by atoms with Gasteiger partial charge in [-0.1, -0.05) is 78.4 Å². The molecule has 1 N–H and O–H groups in total. The number of rotatable bonds is 5. The van der Waals surface area contributed by atoms with E-state index in [-0.39, 0.29) is 23.8 Å². The fourth-order valence-corrected chi connectivity index (χ4v) is 4.25. The summed E-state index contributed by atoms with van der Waals surface area (Å²) in [7, 11) is 0. The van der Waals surface area contributed by atoms with E-state index in [0.29, 0.717) is 18.7 Å². The molecule has 3 aromatic rings. The standard InChI is InChI=1S/C27H28N2O2/c1-20-9-8-14-23(19-20)26(30)28-24-15-17-29(18-16-24)27(31)25(21-10-4-2-5-11-21)22-12-6-3-7-13-22/h2-14,19,24-25H,15-18H2,1H3,(H,28,30). The van der Waals surface area contributed by atoms with Crippen molar-refractivity contribution in [1.82, 2.24) is 10.2 Å². The van der Waals surface area contributed by atoms with Crippen molar-refractivity contribution in [2.24, 2.45) is 0 Å². The summed E-state index contributed by atoms with van der Waals surface area (Å²) in [5, 5.41) is 3.14. The van der Waals surface area contributed by atoms with Crippen molar-refractivity contribution < 1.29 is 9.59 Å². The van der Waals surface area contributed by atoms with E-state index in [9.17, 15) is 9.59 Å². The maximum atomic E-state index is 13.5. The van der Waals surface area contributed by atoms with E-state index in [4.69, 9.17) is 0 Å². The minimum absolute atomic E-state index is 0.0417. The van der Waals surface area contributed by atoms with Crippen LogP contribution in [0.15, 0.2) is 84.9 Å². The summed E-state index contributed by atoms with van der Waals surface area (Å²) in [6, 6.07) is 27.6. The molecule has 158 valence electrons. The molecule has 3 aromatic carbocycles. The first kappa shape index (κ1) is 20.9. The van der Waals surface area contributed by atoms with Gasteiger partial charge in [-0.15, -0.1) is 0 Å².